The molecule has 1 unspecified atom stereocenters. The van der Waals surface area contributed by atoms with Crippen molar-refractivity contribution in [2.45, 2.75) is 70.9 Å². The standard InChI is InChI=1S/C24H28B3N5O7/c1-10(2)20(33)36-16-17(37-21(34)11(3)4)23(8-28,38-18(16)24(26,27)39-22(35)12(5)6)14-7-13(25)15-19(29)30-9-31-32(14)15/h7,9-12,16-18H,1-6H3,(H2,29,30,31)/t16-,17+,18?,23-/m0/s1. The number of nitrogens with zero attached hydrogens (tertiary/aromatic N) is 4. The molecule has 0 aromatic carbocycles. The maximum atomic E-state index is 12.9. The first-order valence-corrected chi connectivity index (χ1v) is 12.3. The topological polar surface area (TPSA) is 168 Å². The summed E-state index contributed by atoms with van der Waals surface area (Å²) in [4.78, 5) is 42.1. The average molecular weight is 531 g/mol. The first-order valence-electron chi connectivity index (χ1n) is 12.3. The molecule has 0 saturated carbocycles. The molecule has 0 amide bonds. The Hall–Kier alpha value is -3.53. The molecule has 200 valence electrons. The van der Waals surface area contributed by atoms with Crippen molar-refractivity contribution in [3.8, 4) is 6.07 Å². The van der Waals surface area contributed by atoms with Crippen molar-refractivity contribution in [2.75, 3.05) is 5.73 Å². The molecule has 3 rings (SSSR count). The van der Waals surface area contributed by atoms with Gasteiger partial charge < -0.3 is 24.7 Å². The van der Waals surface area contributed by atoms with Crippen LogP contribution in [0.15, 0.2) is 12.4 Å². The molecule has 6 radical (unpaired) electrons. The van der Waals surface area contributed by atoms with Crippen LogP contribution in [0.3, 0.4) is 0 Å². The number of nitrogen functional groups attached to an aromatic ring is 1. The molecule has 4 atom stereocenters. The van der Waals surface area contributed by atoms with Gasteiger partial charge in [0.25, 0.3) is 0 Å². The second kappa shape index (κ2) is 10.9. The fourth-order valence-corrected chi connectivity index (χ4v) is 3.94. The largest absolute Gasteiger partial charge is 0.477 e. The van der Waals surface area contributed by atoms with Crippen LogP contribution in [0.5, 0.6) is 0 Å². The van der Waals surface area contributed by atoms with Gasteiger partial charge in [-0.3, -0.25) is 14.4 Å². The summed E-state index contributed by atoms with van der Waals surface area (Å²) in [6.45, 7) is 9.37. The van der Waals surface area contributed by atoms with Crippen LogP contribution in [0.2, 0.25) is 0 Å². The molecule has 1 aliphatic heterocycles. The molecule has 2 N–H and O–H groups in total. The minimum Gasteiger partial charge on any atom is -0.477 e. The summed E-state index contributed by atoms with van der Waals surface area (Å²) >= 11 is 0. The molecule has 0 spiro atoms. The Labute approximate surface area is 230 Å². The molecular weight excluding hydrogens is 503 g/mol. The van der Waals surface area contributed by atoms with Gasteiger partial charge in [0.1, 0.15) is 47.6 Å². The third kappa shape index (κ3) is 5.48. The highest BCUT2D eigenvalue weighted by Gasteiger charge is 2.66. The lowest BCUT2D eigenvalue weighted by molar-refractivity contribution is -0.175. The Morgan fingerprint density at radius 3 is 2.21 bits per heavy atom. The van der Waals surface area contributed by atoms with Crippen LogP contribution in [0.1, 0.15) is 47.2 Å². The van der Waals surface area contributed by atoms with E-state index in [1.807, 2.05) is 6.07 Å². The lowest BCUT2D eigenvalue weighted by Crippen LogP contribution is -2.55. The van der Waals surface area contributed by atoms with Gasteiger partial charge in [-0.25, -0.2) is 9.50 Å². The molecule has 12 nitrogen and oxygen atoms in total. The first kappa shape index (κ1) is 30.0. The monoisotopic (exact) mass is 531 g/mol. The number of carbonyl (C=O) groups excluding carboxylic acids is 3. The van der Waals surface area contributed by atoms with Crippen LogP contribution in [0.25, 0.3) is 5.52 Å². The molecular formula is C24H28B3N5O7. The molecule has 2 aromatic heterocycles. The van der Waals surface area contributed by atoms with E-state index in [4.69, 9.17) is 48.2 Å². The van der Waals surface area contributed by atoms with E-state index >= 15 is 0 Å². The summed E-state index contributed by atoms with van der Waals surface area (Å²) in [6.07, 6.45) is -3.85. The van der Waals surface area contributed by atoms with E-state index in [0.717, 1.165) is 6.33 Å². The van der Waals surface area contributed by atoms with E-state index in [-0.39, 0.29) is 22.5 Å². The number of aromatic nitrogens is 3. The van der Waals surface area contributed by atoms with E-state index < -0.39 is 65.0 Å². The zero-order valence-corrected chi connectivity index (χ0v) is 22.6. The van der Waals surface area contributed by atoms with E-state index in [1.54, 1.807) is 41.5 Å². The van der Waals surface area contributed by atoms with Gasteiger partial charge in [0.05, 0.1) is 28.8 Å². The van der Waals surface area contributed by atoms with Crippen LogP contribution < -0.4 is 11.2 Å². The third-order valence-electron chi connectivity index (χ3n) is 6.10. The van der Waals surface area contributed by atoms with Crippen molar-refractivity contribution >= 4 is 58.2 Å². The highest BCUT2D eigenvalue weighted by atomic mass is 16.7. The van der Waals surface area contributed by atoms with Crippen molar-refractivity contribution in [3.05, 3.63) is 18.1 Å². The molecule has 3 heterocycles. The van der Waals surface area contributed by atoms with Gasteiger partial charge in [-0.05, 0) is 6.07 Å². The number of esters is 3. The van der Waals surface area contributed by atoms with Gasteiger partial charge in [-0.15, -0.1) is 0 Å². The van der Waals surface area contributed by atoms with Crippen LogP contribution in [0, 0.1) is 29.1 Å². The van der Waals surface area contributed by atoms with Crippen molar-refractivity contribution < 1.29 is 33.3 Å². The zero-order chi connectivity index (χ0) is 29.4. The fourth-order valence-electron chi connectivity index (χ4n) is 3.94. The lowest BCUT2D eigenvalue weighted by atomic mass is 9.60. The highest BCUT2D eigenvalue weighted by Crippen LogP contribution is 2.46. The summed E-state index contributed by atoms with van der Waals surface area (Å²) < 4.78 is 24.1. The summed E-state index contributed by atoms with van der Waals surface area (Å²) in [5.74, 6) is -4.24. The van der Waals surface area contributed by atoms with Crippen molar-refractivity contribution in [1.29, 1.82) is 5.26 Å². The molecule has 15 heteroatoms. The smallest absolute Gasteiger partial charge is 0.308 e. The van der Waals surface area contributed by atoms with Gasteiger partial charge in [-0.1, -0.05) is 47.0 Å². The normalized spacial score (nSPS) is 23.2. The number of ether oxygens (including phenoxy) is 4. The molecule has 1 fully saturated rings. The van der Waals surface area contributed by atoms with E-state index in [2.05, 4.69) is 10.1 Å². The Bertz CT molecular complexity index is 1320. The summed E-state index contributed by atoms with van der Waals surface area (Å²) in [5, 5.41) is 12.3. The number of hydrogen-bond acceptors (Lipinski definition) is 11. The number of nitriles is 1. The Morgan fingerprint density at radius 2 is 1.67 bits per heavy atom. The van der Waals surface area contributed by atoms with Gasteiger partial charge in [0.2, 0.25) is 5.60 Å². The number of hydrogen-bond donors (Lipinski definition) is 1. The molecule has 1 saturated heterocycles. The maximum absolute atomic E-state index is 12.9. The molecule has 2 aromatic rings. The average Bonchev–Trinajstić information content (AvgIpc) is 3.35. The quantitative estimate of drug-likeness (QED) is 0.266. The van der Waals surface area contributed by atoms with Gasteiger partial charge in [0, 0.05) is 0 Å². The van der Waals surface area contributed by atoms with Crippen molar-refractivity contribution in [3.63, 3.8) is 0 Å². The SMILES string of the molecule is [B]c1cc([C@]2(C#N)OC(C([B])([B])OC(=O)C(C)C)[C@@H](OC(=O)C(C)C)[C@H]2OC(=O)C(C)C)n2ncnc(N)c12. The van der Waals surface area contributed by atoms with Gasteiger partial charge in [-0.2, -0.15) is 10.4 Å². The molecule has 1 aliphatic rings. The predicted octanol–water partition coefficient (Wildman–Crippen LogP) is -0.451. The van der Waals surface area contributed by atoms with Crippen molar-refractivity contribution in [1.82, 2.24) is 14.6 Å². The first-order chi connectivity index (χ1) is 18.1. The number of nitrogens with two attached hydrogens (primary N) is 1. The number of fused-ring (bicyclic) bond motifs is 1. The van der Waals surface area contributed by atoms with Crippen LogP contribution in [0.4, 0.5) is 5.82 Å². The second-order valence-corrected chi connectivity index (χ2v) is 10.3. The lowest BCUT2D eigenvalue weighted by Gasteiger charge is -2.36. The molecule has 39 heavy (non-hydrogen) atoms. The highest BCUT2D eigenvalue weighted by molar-refractivity contribution is 6.40. The van der Waals surface area contributed by atoms with Crippen molar-refractivity contribution in [2.24, 2.45) is 17.8 Å². The van der Waals surface area contributed by atoms with E-state index in [1.165, 1.54) is 10.6 Å². The van der Waals surface area contributed by atoms with Crippen LogP contribution >= 0.6 is 0 Å². The Balaban J connectivity index is 2.31. The summed E-state index contributed by atoms with van der Waals surface area (Å²) in [7, 11) is 18.7. The Kier molecular flexibility index (Phi) is 8.41. The minimum absolute atomic E-state index is 0.00671. The van der Waals surface area contributed by atoms with E-state index in [9.17, 15) is 19.6 Å². The number of carbonyl (C=O) groups is 3. The number of anilines is 1. The summed E-state index contributed by atoms with van der Waals surface area (Å²) in [6, 6.07) is 3.34. The van der Waals surface area contributed by atoms with Crippen LogP contribution in [-0.4, -0.2) is 79.8 Å². The fraction of sp³-hybridized carbons (Fsp3) is 0.583. The number of rotatable bonds is 8. The zero-order valence-electron chi connectivity index (χ0n) is 22.6. The van der Waals surface area contributed by atoms with Gasteiger partial charge in [0.15, 0.2) is 18.0 Å². The minimum atomic E-state index is -2.45. The van der Waals surface area contributed by atoms with E-state index in [0.29, 0.717) is 0 Å². The second-order valence-electron chi connectivity index (χ2n) is 10.3. The Morgan fingerprint density at radius 1 is 1.10 bits per heavy atom. The predicted molar refractivity (Wildman–Crippen MR) is 140 cm³/mol. The third-order valence-corrected chi connectivity index (χ3v) is 6.10. The van der Waals surface area contributed by atoms with Gasteiger partial charge >= 0.3 is 17.9 Å². The molecule has 0 bridgehead atoms. The maximum Gasteiger partial charge on any atom is 0.308 e. The summed E-state index contributed by atoms with van der Waals surface area (Å²) in [5.41, 5.74) is 3.89. The van der Waals surface area contributed by atoms with Crippen LogP contribution in [-0.2, 0) is 38.9 Å². The molecule has 0 aliphatic carbocycles.